The maximum atomic E-state index is 4.50. The monoisotopic (exact) mass is 740 g/mol. The molecule has 0 aliphatic rings. The first-order valence-electron chi connectivity index (χ1n) is 19.2. The minimum Gasteiger partial charge on any atom is -0.333 e. The zero-order valence-electron chi connectivity index (χ0n) is 32.0. The molecule has 56 heavy (non-hydrogen) atoms. The highest BCUT2D eigenvalue weighted by Gasteiger charge is 2.16. The zero-order chi connectivity index (χ0) is 38.4. The first kappa shape index (κ1) is 36.5. The summed E-state index contributed by atoms with van der Waals surface area (Å²) < 4.78 is 5.02. The van der Waals surface area contributed by atoms with Gasteiger partial charge in [0, 0.05) is 36.6 Å². The van der Waals surface area contributed by atoms with Gasteiger partial charge in [0.05, 0.1) is 11.0 Å². The fourth-order valence-electron chi connectivity index (χ4n) is 7.59. The van der Waals surface area contributed by atoms with E-state index in [9.17, 15) is 0 Å². The Morgan fingerprint density at radius 3 is 1.57 bits per heavy atom. The number of allylic oxidation sites excluding steroid dienone is 2. The lowest BCUT2D eigenvalue weighted by molar-refractivity contribution is 1.18. The number of nitrogens with two attached hydrogens (primary N) is 1. The fraction of sp³-hybridized carbons (Fsp3) is 0.0566. The smallest absolute Gasteiger partial charge is 0.0541 e. The number of benzene rings is 8. The topological polar surface area (TPSA) is 30.9 Å². The van der Waals surface area contributed by atoms with Crippen molar-refractivity contribution in [2.24, 2.45) is 5.73 Å². The summed E-state index contributed by atoms with van der Waals surface area (Å²) in [6.07, 6.45) is 4.00. The summed E-state index contributed by atoms with van der Waals surface area (Å²) in [4.78, 5) is 0. The standard InChI is InChI=1S/C48H31NS.C4H8.CH5N/c1-3-12-32(13-4-1)33-14-9-15-34(28-33)35-16-10-17-36(29-35)37-25-27-47-44(30-37)42-22-11-21-40(48(42)50-47)38-24-26-46-43(31-38)41-20-7-8-23-45(41)49(46)39-18-5-2-6-19-39;1-3-4-2;1-2/h1-31H;3-4H,1-2H3;2H2,1H3/b;4-3-;. The van der Waals surface area contributed by atoms with E-state index >= 15 is 0 Å². The van der Waals surface area contributed by atoms with Crippen LogP contribution in [0.1, 0.15) is 13.8 Å². The number of thiophene rings is 1. The summed E-state index contributed by atoms with van der Waals surface area (Å²) in [7, 11) is 1.50. The Labute approximate surface area is 333 Å². The van der Waals surface area contributed by atoms with Gasteiger partial charge >= 0.3 is 0 Å². The van der Waals surface area contributed by atoms with Gasteiger partial charge in [0.1, 0.15) is 0 Å². The third-order valence-corrected chi connectivity index (χ3v) is 11.5. The van der Waals surface area contributed by atoms with E-state index in [0.717, 1.165) is 0 Å². The van der Waals surface area contributed by atoms with Gasteiger partial charge in [-0.3, -0.25) is 0 Å². The summed E-state index contributed by atoms with van der Waals surface area (Å²) in [5.74, 6) is 0. The number of nitrogens with zero attached hydrogens (tertiary/aromatic N) is 1. The van der Waals surface area contributed by atoms with Crippen molar-refractivity contribution in [2.45, 2.75) is 13.8 Å². The lowest BCUT2D eigenvalue weighted by Crippen LogP contribution is -1.92. The van der Waals surface area contributed by atoms with E-state index in [-0.39, 0.29) is 0 Å². The molecule has 0 atom stereocenters. The van der Waals surface area contributed by atoms with E-state index in [2.05, 4.69) is 198 Å². The van der Waals surface area contributed by atoms with Crippen molar-refractivity contribution in [3.05, 3.63) is 200 Å². The van der Waals surface area contributed by atoms with Crippen LogP contribution in [-0.4, -0.2) is 11.6 Å². The average molecular weight is 741 g/mol. The predicted octanol–water partition coefficient (Wildman–Crippen LogP) is 15.0. The highest BCUT2D eigenvalue weighted by Crippen LogP contribution is 2.43. The molecule has 10 aromatic rings. The molecule has 3 heteroatoms. The number of hydrogen-bond acceptors (Lipinski definition) is 2. The third kappa shape index (κ3) is 6.95. The highest BCUT2D eigenvalue weighted by molar-refractivity contribution is 7.26. The van der Waals surface area contributed by atoms with E-state index in [0.29, 0.717) is 0 Å². The lowest BCUT2D eigenvalue weighted by Gasteiger charge is -2.09. The summed E-state index contributed by atoms with van der Waals surface area (Å²) in [6.45, 7) is 4.00. The molecule has 2 nitrogen and oxygen atoms in total. The van der Waals surface area contributed by atoms with Crippen LogP contribution in [-0.2, 0) is 0 Å². The summed E-state index contributed by atoms with van der Waals surface area (Å²) >= 11 is 1.89. The molecule has 2 heterocycles. The number of rotatable bonds is 5. The molecule has 0 spiro atoms. The minimum atomic E-state index is 1.18. The number of hydrogen-bond donors (Lipinski definition) is 1. The summed E-state index contributed by atoms with van der Waals surface area (Å²) in [5.41, 5.74) is 18.0. The quantitative estimate of drug-likeness (QED) is 0.175. The number of fused-ring (bicyclic) bond motifs is 6. The Morgan fingerprint density at radius 1 is 0.393 bits per heavy atom. The van der Waals surface area contributed by atoms with Gasteiger partial charge in [-0.25, -0.2) is 0 Å². The Bertz CT molecular complexity index is 2950. The van der Waals surface area contributed by atoms with E-state index in [4.69, 9.17) is 0 Å². The van der Waals surface area contributed by atoms with Crippen LogP contribution >= 0.6 is 11.3 Å². The normalized spacial score (nSPS) is 11.1. The molecule has 0 saturated carbocycles. The molecule has 0 amide bonds. The molecule has 10 rings (SSSR count). The third-order valence-electron chi connectivity index (χ3n) is 10.3. The van der Waals surface area contributed by atoms with Crippen molar-refractivity contribution < 1.29 is 0 Å². The van der Waals surface area contributed by atoms with Gasteiger partial charge in [-0.15, -0.1) is 11.3 Å². The number of aromatic nitrogens is 1. The first-order valence-corrected chi connectivity index (χ1v) is 20.0. The Morgan fingerprint density at radius 2 is 0.893 bits per heavy atom. The second-order valence-corrected chi connectivity index (χ2v) is 14.7. The van der Waals surface area contributed by atoms with Crippen molar-refractivity contribution in [3.63, 3.8) is 0 Å². The molecule has 0 bridgehead atoms. The van der Waals surface area contributed by atoms with Crippen LogP contribution in [0, 0.1) is 0 Å². The molecule has 0 aliphatic heterocycles. The van der Waals surface area contributed by atoms with E-state index < -0.39 is 0 Å². The maximum absolute atomic E-state index is 4.50. The van der Waals surface area contributed by atoms with Gasteiger partial charge < -0.3 is 10.3 Å². The SMILES string of the molecule is C/C=C\C.CN.c1ccc(-c2cccc(-c3cccc(-c4ccc5sc6c(-c7ccc8c(c7)c7ccccc7n8-c7ccccc7)cccc6c5c4)c3)c2)cc1. The Balaban J connectivity index is 0.000000694. The first-order chi connectivity index (χ1) is 27.7. The molecule has 0 aliphatic carbocycles. The molecule has 0 unspecified atom stereocenters. The predicted molar refractivity (Wildman–Crippen MR) is 246 cm³/mol. The average Bonchev–Trinajstić information content (AvgIpc) is 3.83. The fourth-order valence-corrected chi connectivity index (χ4v) is 8.81. The van der Waals surface area contributed by atoms with E-state index in [1.165, 1.54) is 99.2 Å². The Kier molecular flexibility index (Phi) is 10.7. The zero-order valence-corrected chi connectivity index (χ0v) is 32.8. The molecular formula is C53H44N2S. The molecule has 8 aromatic carbocycles. The van der Waals surface area contributed by atoms with Crippen LogP contribution in [0.15, 0.2) is 200 Å². The second kappa shape index (κ2) is 16.5. The van der Waals surface area contributed by atoms with Crippen LogP contribution in [0.5, 0.6) is 0 Å². The van der Waals surface area contributed by atoms with E-state index in [1.807, 2.05) is 37.3 Å². The van der Waals surface area contributed by atoms with Crippen molar-refractivity contribution in [3.8, 4) is 50.2 Å². The highest BCUT2D eigenvalue weighted by atomic mass is 32.1. The van der Waals surface area contributed by atoms with Crippen LogP contribution < -0.4 is 5.73 Å². The molecule has 2 N–H and O–H groups in total. The molecule has 0 radical (unpaired) electrons. The van der Waals surface area contributed by atoms with Gasteiger partial charge in [0.2, 0.25) is 0 Å². The van der Waals surface area contributed by atoms with Crippen LogP contribution in [0.2, 0.25) is 0 Å². The summed E-state index contributed by atoms with van der Waals surface area (Å²) in [6, 6.07) is 68.5. The Hall–Kier alpha value is -6.52. The second-order valence-electron chi connectivity index (χ2n) is 13.6. The van der Waals surface area contributed by atoms with Gasteiger partial charge in [-0.1, -0.05) is 146 Å². The molecule has 2 aromatic heterocycles. The summed E-state index contributed by atoms with van der Waals surface area (Å²) in [5, 5.41) is 5.16. The van der Waals surface area contributed by atoms with E-state index in [1.54, 1.807) is 0 Å². The van der Waals surface area contributed by atoms with Gasteiger partial charge in [-0.05, 0) is 120 Å². The van der Waals surface area contributed by atoms with Crippen molar-refractivity contribution in [1.82, 2.24) is 4.57 Å². The molecule has 0 saturated heterocycles. The van der Waals surface area contributed by atoms with Crippen molar-refractivity contribution in [1.29, 1.82) is 0 Å². The van der Waals surface area contributed by atoms with Crippen molar-refractivity contribution in [2.75, 3.05) is 7.05 Å². The molecule has 0 fully saturated rings. The van der Waals surface area contributed by atoms with Gasteiger partial charge in [0.15, 0.2) is 0 Å². The molecular weight excluding hydrogens is 697 g/mol. The largest absolute Gasteiger partial charge is 0.333 e. The maximum Gasteiger partial charge on any atom is 0.0541 e. The van der Waals surface area contributed by atoms with Gasteiger partial charge in [-0.2, -0.15) is 0 Å². The van der Waals surface area contributed by atoms with Crippen LogP contribution in [0.4, 0.5) is 0 Å². The van der Waals surface area contributed by atoms with Crippen LogP contribution in [0.3, 0.4) is 0 Å². The number of para-hydroxylation sites is 2. The van der Waals surface area contributed by atoms with Gasteiger partial charge in [0.25, 0.3) is 0 Å². The molecule has 272 valence electrons. The lowest BCUT2D eigenvalue weighted by atomic mass is 9.95. The minimum absolute atomic E-state index is 1.18. The van der Waals surface area contributed by atoms with Crippen LogP contribution in [0.25, 0.3) is 92.2 Å². The van der Waals surface area contributed by atoms with Crippen molar-refractivity contribution >= 4 is 53.3 Å².